The minimum atomic E-state index is -0.00790. The van der Waals surface area contributed by atoms with E-state index >= 15 is 0 Å². The van der Waals surface area contributed by atoms with Crippen molar-refractivity contribution in [2.24, 2.45) is 5.92 Å². The number of anilines is 1. The summed E-state index contributed by atoms with van der Waals surface area (Å²) >= 11 is 0. The molecule has 6 heteroatoms. The summed E-state index contributed by atoms with van der Waals surface area (Å²) in [5, 5.41) is 4.21. The average molecular weight is 473 g/mol. The first-order chi connectivity index (χ1) is 17.1. The summed E-state index contributed by atoms with van der Waals surface area (Å²) in [6.07, 6.45) is 7.67. The van der Waals surface area contributed by atoms with Crippen molar-refractivity contribution in [3.63, 3.8) is 0 Å². The Balaban J connectivity index is 1.33. The van der Waals surface area contributed by atoms with E-state index in [4.69, 9.17) is 4.52 Å². The molecule has 1 saturated carbocycles. The van der Waals surface area contributed by atoms with Gasteiger partial charge in [0, 0.05) is 30.4 Å². The highest BCUT2D eigenvalue weighted by atomic mass is 16.5. The Kier molecular flexibility index (Phi) is 7.16. The van der Waals surface area contributed by atoms with Crippen molar-refractivity contribution in [1.29, 1.82) is 0 Å². The van der Waals surface area contributed by atoms with E-state index in [0.717, 1.165) is 44.3 Å². The van der Waals surface area contributed by atoms with E-state index in [1.165, 1.54) is 36.1 Å². The van der Waals surface area contributed by atoms with Crippen LogP contribution in [0.25, 0.3) is 11.4 Å². The fourth-order valence-corrected chi connectivity index (χ4v) is 5.47. The molecule has 1 aliphatic heterocycles. The molecule has 1 saturated heterocycles. The first-order valence-corrected chi connectivity index (χ1v) is 13.1. The molecule has 1 aliphatic carbocycles. The second-order valence-electron chi connectivity index (χ2n) is 10.3. The fourth-order valence-electron chi connectivity index (χ4n) is 5.47. The Morgan fingerprint density at radius 2 is 1.63 bits per heavy atom. The summed E-state index contributed by atoms with van der Waals surface area (Å²) in [5.74, 6) is 1.33. The predicted molar refractivity (Wildman–Crippen MR) is 138 cm³/mol. The van der Waals surface area contributed by atoms with Crippen LogP contribution in [0.4, 0.5) is 5.69 Å². The maximum atomic E-state index is 14.0. The van der Waals surface area contributed by atoms with Crippen LogP contribution in [0.3, 0.4) is 0 Å². The monoisotopic (exact) mass is 472 g/mol. The highest BCUT2D eigenvalue weighted by Gasteiger charge is 2.34. The minimum Gasteiger partial charge on any atom is -0.371 e. The highest BCUT2D eigenvalue weighted by molar-refractivity contribution is 5.80. The number of carbonyl (C=O) groups excluding carboxylic acids is 1. The molecule has 5 rings (SSSR count). The lowest BCUT2D eigenvalue weighted by molar-refractivity contribution is -0.140. The van der Waals surface area contributed by atoms with Gasteiger partial charge in [0.05, 0.1) is 5.92 Å². The standard InChI is InChI=1S/C29H36N4O2/c1-21-10-14-23(15-11-21)28-30-27(35-31-28)20-33(26-8-4-3-5-9-26)29(34)24-7-6-18-32(19-24)25-16-12-22(2)13-17-25/h10-17,24,26H,3-9,18-20H2,1-2H3/t24-/m0/s1. The van der Waals surface area contributed by atoms with E-state index in [9.17, 15) is 4.79 Å². The van der Waals surface area contributed by atoms with Crippen molar-refractivity contribution in [1.82, 2.24) is 15.0 Å². The van der Waals surface area contributed by atoms with Crippen molar-refractivity contribution < 1.29 is 9.32 Å². The highest BCUT2D eigenvalue weighted by Crippen LogP contribution is 2.30. The number of hydrogen-bond donors (Lipinski definition) is 0. The van der Waals surface area contributed by atoms with Crippen LogP contribution in [0.2, 0.25) is 0 Å². The Morgan fingerprint density at radius 1 is 0.943 bits per heavy atom. The van der Waals surface area contributed by atoms with Gasteiger partial charge < -0.3 is 14.3 Å². The van der Waals surface area contributed by atoms with Crippen molar-refractivity contribution in [3.05, 3.63) is 65.5 Å². The molecule has 184 valence electrons. The molecule has 2 heterocycles. The van der Waals surface area contributed by atoms with Crippen LogP contribution < -0.4 is 4.90 Å². The maximum Gasteiger partial charge on any atom is 0.246 e. The summed E-state index contributed by atoms with van der Waals surface area (Å²) in [6.45, 7) is 6.33. The van der Waals surface area contributed by atoms with Crippen molar-refractivity contribution in [3.8, 4) is 11.4 Å². The van der Waals surface area contributed by atoms with Crippen molar-refractivity contribution >= 4 is 11.6 Å². The summed E-state index contributed by atoms with van der Waals surface area (Å²) in [7, 11) is 0. The SMILES string of the molecule is Cc1ccc(-c2noc(CN(C(=O)[C@H]3CCCN(c4ccc(C)cc4)C3)C3CCCCC3)n2)cc1. The molecule has 0 radical (unpaired) electrons. The van der Waals surface area contributed by atoms with Crippen molar-refractivity contribution in [2.45, 2.75) is 71.4 Å². The topological polar surface area (TPSA) is 62.5 Å². The van der Waals surface area contributed by atoms with Crippen LogP contribution in [-0.4, -0.2) is 40.1 Å². The summed E-state index contributed by atoms with van der Waals surface area (Å²) in [6, 6.07) is 17.0. The van der Waals surface area contributed by atoms with E-state index in [1.54, 1.807) is 0 Å². The number of aromatic nitrogens is 2. The van der Waals surface area contributed by atoms with Gasteiger partial charge in [-0.05, 0) is 51.7 Å². The predicted octanol–water partition coefficient (Wildman–Crippen LogP) is 5.93. The first kappa shape index (κ1) is 23.6. The number of carbonyl (C=O) groups is 1. The maximum absolute atomic E-state index is 14.0. The number of piperidine rings is 1. The number of nitrogens with zero attached hydrogens (tertiary/aromatic N) is 4. The third-order valence-corrected chi connectivity index (χ3v) is 7.55. The molecule has 0 unspecified atom stereocenters. The first-order valence-electron chi connectivity index (χ1n) is 13.1. The van der Waals surface area contributed by atoms with Gasteiger partial charge >= 0.3 is 0 Å². The van der Waals surface area contributed by atoms with Gasteiger partial charge in [0.1, 0.15) is 6.54 Å². The zero-order valence-electron chi connectivity index (χ0n) is 20.9. The average Bonchev–Trinajstić information content (AvgIpc) is 3.37. The minimum absolute atomic E-state index is 0.00790. The van der Waals surface area contributed by atoms with Gasteiger partial charge in [-0.3, -0.25) is 4.79 Å². The molecule has 1 amide bonds. The van der Waals surface area contributed by atoms with Crippen molar-refractivity contribution in [2.75, 3.05) is 18.0 Å². The Bertz CT molecular complexity index is 1120. The molecular weight excluding hydrogens is 436 g/mol. The van der Waals surface area contributed by atoms with Crippen LogP contribution >= 0.6 is 0 Å². The molecule has 2 fully saturated rings. The van der Waals surface area contributed by atoms with Crippen LogP contribution in [0.1, 0.15) is 62.0 Å². The molecule has 35 heavy (non-hydrogen) atoms. The van der Waals surface area contributed by atoms with Crippen LogP contribution in [0.15, 0.2) is 53.1 Å². The molecule has 0 spiro atoms. The third kappa shape index (κ3) is 5.58. The summed E-state index contributed by atoms with van der Waals surface area (Å²) in [5.41, 5.74) is 4.59. The molecule has 0 bridgehead atoms. The molecule has 3 aromatic rings. The molecule has 1 aromatic heterocycles. The van der Waals surface area contributed by atoms with E-state index in [0.29, 0.717) is 18.3 Å². The Morgan fingerprint density at radius 3 is 2.34 bits per heavy atom. The second-order valence-corrected chi connectivity index (χ2v) is 10.3. The number of amides is 1. The number of rotatable bonds is 6. The van der Waals surface area contributed by atoms with Crippen LogP contribution in [0, 0.1) is 19.8 Å². The zero-order chi connectivity index (χ0) is 24.2. The quantitative estimate of drug-likeness (QED) is 0.445. The summed E-state index contributed by atoms with van der Waals surface area (Å²) in [4.78, 5) is 23.0. The molecule has 0 N–H and O–H groups in total. The van der Waals surface area contributed by atoms with E-state index < -0.39 is 0 Å². The second kappa shape index (κ2) is 10.6. The fraction of sp³-hybridized carbons (Fsp3) is 0.483. The third-order valence-electron chi connectivity index (χ3n) is 7.55. The molecule has 2 aromatic carbocycles. The van der Waals surface area contributed by atoms with E-state index in [2.05, 4.69) is 58.1 Å². The number of aryl methyl sites for hydroxylation is 2. The van der Waals surface area contributed by atoms with Gasteiger partial charge in [-0.2, -0.15) is 4.98 Å². The molecular formula is C29H36N4O2. The lowest BCUT2D eigenvalue weighted by Gasteiger charge is -2.39. The normalized spacial score (nSPS) is 19.0. The van der Waals surface area contributed by atoms with Gasteiger partial charge in [0.25, 0.3) is 0 Å². The van der Waals surface area contributed by atoms with Gasteiger partial charge in [0.15, 0.2) is 0 Å². The lowest BCUT2D eigenvalue weighted by atomic mass is 9.91. The number of benzene rings is 2. The van der Waals surface area contributed by atoms with Crippen LogP contribution in [-0.2, 0) is 11.3 Å². The van der Waals surface area contributed by atoms with E-state index in [1.807, 2.05) is 24.3 Å². The molecule has 1 atom stereocenters. The Hall–Kier alpha value is -3.15. The largest absolute Gasteiger partial charge is 0.371 e. The molecule has 2 aliphatic rings. The summed E-state index contributed by atoms with van der Waals surface area (Å²) < 4.78 is 5.64. The van der Waals surface area contributed by atoms with Gasteiger partial charge in [0.2, 0.25) is 17.6 Å². The number of hydrogen-bond acceptors (Lipinski definition) is 5. The zero-order valence-corrected chi connectivity index (χ0v) is 20.9. The Labute approximate surface area is 208 Å². The van der Waals surface area contributed by atoms with Gasteiger partial charge in [-0.25, -0.2) is 0 Å². The van der Waals surface area contributed by atoms with Gasteiger partial charge in [-0.1, -0.05) is 71.9 Å². The lowest BCUT2D eigenvalue weighted by Crippen LogP contribution is -2.48. The van der Waals surface area contributed by atoms with E-state index in [-0.39, 0.29) is 17.9 Å². The smallest absolute Gasteiger partial charge is 0.246 e. The molecule has 6 nitrogen and oxygen atoms in total. The van der Waals surface area contributed by atoms with Crippen LogP contribution in [0.5, 0.6) is 0 Å². The van der Waals surface area contributed by atoms with Gasteiger partial charge in [-0.15, -0.1) is 0 Å².